The van der Waals surface area contributed by atoms with E-state index in [9.17, 15) is 9.59 Å². The molecule has 2 amide bonds. The predicted octanol–water partition coefficient (Wildman–Crippen LogP) is 5.05. The summed E-state index contributed by atoms with van der Waals surface area (Å²) in [5.41, 5.74) is 0.640. The molecule has 1 rings (SSSR count). The fourth-order valence-corrected chi connectivity index (χ4v) is 19.3. The monoisotopic (exact) mass is 483 g/mol. The van der Waals surface area contributed by atoms with Crippen molar-refractivity contribution in [1.29, 1.82) is 0 Å². The quantitative estimate of drug-likeness (QED) is 0.410. The Morgan fingerprint density at radius 2 is 1.37 bits per heavy atom. The standard InChI is InChI=1S/C9H10N3O2.3C4H9.Sn/c1-6(13)11-8-4-3-5-10-9(8)12-7(2)14;3*1-3-4-2;/h4-5H,1-2H3,(H,11,13)(H,10,12,14);3*1,3-4H2,2H3;. The van der Waals surface area contributed by atoms with Gasteiger partial charge in [0.05, 0.1) is 0 Å². The first-order valence-electron chi connectivity index (χ1n) is 10.4. The van der Waals surface area contributed by atoms with Crippen molar-refractivity contribution in [2.24, 2.45) is 0 Å². The van der Waals surface area contributed by atoms with Gasteiger partial charge in [0.1, 0.15) is 0 Å². The van der Waals surface area contributed by atoms with Crippen molar-refractivity contribution in [2.45, 2.75) is 86.5 Å². The van der Waals surface area contributed by atoms with E-state index < -0.39 is 18.4 Å². The van der Waals surface area contributed by atoms with Gasteiger partial charge in [0.25, 0.3) is 0 Å². The van der Waals surface area contributed by atoms with Gasteiger partial charge >= 0.3 is 169 Å². The first kappa shape index (κ1) is 23.9. The SMILES string of the molecule is CCC[CH2][Sn]([CH2]CCC)([CH2]CCC)[c]1cnc(NC(C)=O)c(NC(C)=O)c1. The minimum atomic E-state index is -2.62. The number of pyridine rings is 1. The van der Waals surface area contributed by atoms with Crippen molar-refractivity contribution >= 4 is 45.3 Å². The molecule has 0 aliphatic carbocycles. The third kappa shape index (κ3) is 7.80. The van der Waals surface area contributed by atoms with Crippen molar-refractivity contribution in [2.75, 3.05) is 10.6 Å². The number of carbonyl (C=O) groups is 2. The number of anilines is 2. The number of amides is 2. The normalized spacial score (nSPS) is 11.3. The molecule has 1 aromatic rings. The first-order valence-corrected chi connectivity index (χ1v) is 17.9. The molecule has 152 valence electrons. The zero-order valence-electron chi connectivity index (χ0n) is 17.8. The molecule has 0 bridgehead atoms. The molecule has 0 aliphatic heterocycles. The summed E-state index contributed by atoms with van der Waals surface area (Å²) in [5, 5.41) is 5.62. The molecule has 0 aliphatic rings. The molecule has 0 spiro atoms. The van der Waals surface area contributed by atoms with E-state index in [1.54, 1.807) is 0 Å². The Bertz CT molecular complexity index is 598. The molecule has 27 heavy (non-hydrogen) atoms. The van der Waals surface area contributed by atoms with Crippen LogP contribution in [0.1, 0.15) is 73.1 Å². The van der Waals surface area contributed by atoms with Crippen LogP contribution in [0.4, 0.5) is 11.5 Å². The number of unbranched alkanes of at least 4 members (excludes halogenated alkanes) is 3. The molecule has 0 saturated heterocycles. The Hall–Kier alpha value is -1.11. The number of nitrogens with zero attached hydrogens (tertiary/aromatic N) is 1. The van der Waals surface area contributed by atoms with Crippen LogP contribution in [0, 0.1) is 0 Å². The third-order valence-electron chi connectivity index (χ3n) is 5.13. The van der Waals surface area contributed by atoms with E-state index >= 15 is 0 Å². The fourth-order valence-electron chi connectivity index (χ4n) is 3.66. The van der Waals surface area contributed by atoms with E-state index in [4.69, 9.17) is 0 Å². The summed E-state index contributed by atoms with van der Waals surface area (Å²) < 4.78 is 5.40. The van der Waals surface area contributed by atoms with Gasteiger partial charge < -0.3 is 0 Å². The van der Waals surface area contributed by atoms with E-state index in [-0.39, 0.29) is 11.8 Å². The van der Waals surface area contributed by atoms with Crippen molar-refractivity contribution in [3.8, 4) is 0 Å². The summed E-state index contributed by atoms with van der Waals surface area (Å²) in [5.74, 6) is 0.125. The van der Waals surface area contributed by atoms with Gasteiger partial charge in [-0.3, -0.25) is 0 Å². The van der Waals surface area contributed by atoms with Crippen molar-refractivity contribution < 1.29 is 9.59 Å². The summed E-state index contributed by atoms with van der Waals surface area (Å²) >= 11 is -2.62. The molecule has 0 saturated carbocycles. The Balaban J connectivity index is 3.38. The summed E-state index contributed by atoms with van der Waals surface area (Å²) in [6.07, 6.45) is 9.45. The third-order valence-corrected chi connectivity index (χ3v) is 20.6. The molecule has 0 atom stereocenters. The van der Waals surface area contributed by atoms with Crippen molar-refractivity contribution in [3.05, 3.63) is 12.3 Å². The fraction of sp³-hybridized carbons (Fsp3) is 0.667. The number of nitrogens with one attached hydrogen (secondary N) is 2. The van der Waals surface area contributed by atoms with Crippen LogP contribution >= 0.6 is 0 Å². The first-order chi connectivity index (χ1) is 12.9. The molecule has 0 aromatic carbocycles. The van der Waals surface area contributed by atoms with E-state index in [0.29, 0.717) is 11.5 Å². The summed E-state index contributed by atoms with van der Waals surface area (Å²) in [6.45, 7) is 9.73. The molecule has 0 unspecified atom stereocenters. The molecule has 0 radical (unpaired) electrons. The number of carbonyl (C=O) groups excluding carboxylic acids is 2. The van der Waals surface area contributed by atoms with E-state index in [1.807, 2.05) is 6.20 Å². The van der Waals surface area contributed by atoms with E-state index in [1.165, 1.54) is 69.3 Å². The Kier molecular flexibility index (Phi) is 11.0. The topological polar surface area (TPSA) is 71.1 Å². The van der Waals surface area contributed by atoms with Crippen LogP contribution in [-0.2, 0) is 9.59 Å². The van der Waals surface area contributed by atoms with Crippen LogP contribution < -0.4 is 14.2 Å². The van der Waals surface area contributed by atoms with Crippen LogP contribution in [0.25, 0.3) is 0 Å². The number of aromatic nitrogens is 1. The maximum atomic E-state index is 11.7. The van der Waals surface area contributed by atoms with Gasteiger partial charge in [0.15, 0.2) is 0 Å². The van der Waals surface area contributed by atoms with Gasteiger partial charge in [0.2, 0.25) is 0 Å². The van der Waals surface area contributed by atoms with Crippen LogP contribution in [0.5, 0.6) is 0 Å². The van der Waals surface area contributed by atoms with Gasteiger partial charge in [0, 0.05) is 0 Å². The second-order valence-corrected chi connectivity index (χ2v) is 20.8. The molecule has 0 fully saturated rings. The van der Waals surface area contributed by atoms with E-state index in [0.717, 1.165) is 0 Å². The van der Waals surface area contributed by atoms with Crippen LogP contribution in [-0.4, -0.2) is 35.2 Å². The molecular weight excluding hydrogens is 445 g/mol. The van der Waals surface area contributed by atoms with Gasteiger partial charge in [-0.15, -0.1) is 0 Å². The average Bonchev–Trinajstić information content (AvgIpc) is 2.62. The van der Waals surface area contributed by atoms with Crippen LogP contribution in [0.2, 0.25) is 13.3 Å². The molecule has 6 heteroatoms. The Morgan fingerprint density at radius 3 is 1.78 bits per heavy atom. The zero-order chi connectivity index (χ0) is 20.3. The van der Waals surface area contributed by atoms with Crippen molar-refractivity contribution in [3.63, 3.8) is 0 Å². The molecule has 5 nitrogen and oxygen atoms in total. The second-order valence-electron chi connectivity index (χ2n) is 7.57. The Labute approximate surface area is 169 Å². The van der Waals surface area contributed by atoms with Crippen molar-refractivity contribution in [1.82, 2.24) is 4.98 Å². The summed E-state index contributed by atoms with van der Waals surface area (Å²) in [7, 11) is 0. The molecule has 2 N–H and O–H groups in total. The molecule has 1 aromatic heterocycles. The number of hydrogen-bond donors (Lipinski definition) is 2. The second kappa shape index (κ2) is 12.4. The molecular formula is C21H37N3O2Sn. The summed E-state index contributed by atoms with van der Waals surface area (Å²) in [6, 6.07) is 2.12. The predicted molar refractivity (Wildman–Crippen MR) is 117 cm³/mol. The molecule has 1 heterocycles. The zero-order valence-corrected chi connectivity index (χ0v) is 20.6. The summed E-state index contributed by atoms with van der Waals surface area (Å²) in [4.78, 5) is 27.8. The van der Waals surface area contributed by atoms with Crippen LogP contribution in [0.3, 0.4) is 0 Å². The van der Waals surface area contributed by atoms with Crippen LogP contribution in [0.15, 0.2) is 12.3 Å². The maximum absolute atomic E-state index is 11.7. The van der Waals surface area contributed by atoms with Gasteiger partial charge in [-0.1, -0.05) is 0 Å². The average molecular weight is 482 g/mol. The number of hydrogen-bond acceptors (Lipinski definition) is 3. The Morgan fingerprint density at radius 1 is 0.889 bits per heavy atom. The van der Waals surface area contributed by atoms with E-state index in [2.05, 4.69) is 42.5 Å². The minimum absolute atomic E-state index is 0.142. The number of rotatable bonds is 12. The van der Waals surface area contributed by atoms with Gasteiger partial charge in [-0.25, -0.2) is 0 Å². The van der Waals surface area contributed by atoms with Gasteiger partial charge in [-0.05, 0) is 0 Å². The van der Waals surface area contributed by atoms with Gasteiger partial charge in [-0.2, -0.15) is 0 Å².